The number of likely N-dealkylation sites (tertiary alicyclic amines) is 3. The van der Waals surface area contributed by atoms with Crippen LogP contribution in [0.15, 0.2) is 90.3 Å². The van der Waals surface area contributed by atoms with Gasteiger partial charge in [0.05, 0.1) is 18.1 Å². The smallest absolute Gasteiger partial charge is 0.180 e. The second kappa shape index (κ2) is 23.7. The average Bonchev–Trinajstić information content (AvgIpc) is 4.11. The van der Waals surface area contributed by atoms with E-state index < -0.39 is 0 Å². The number of Topliss-reactive ketones (excluding diaryl/α,β-unsaturated/α-hetero) is 3. The molecule has 3 fully saturated rings. The fourth-order valence-corrected chi connectivity index (χ4v) is 9.61. The molecule has 6 nitrogen and oxygen atoms in total. The lowest BCUT2D eigenvalue weighted by molar-refractivity contribution is 0.0830. The number of ketones is 3. The summed E-state index contributed by atoms with van der Waals surface area (Å²) in [6.07, 6.45) is 13.5. The number of benzene rings is 3. The average molecular weight is 804 g/mol. The molecule has 1 aromatic heterocycles. The van der Waals surface area contributed by atoms with E-state index in [1.54, 1.807) is 11.3 Å². The van der Waals surface area contributed by atoms with Gasteiger partial charge in [-0.3, -0.25) is 29.1 Å². The van der Waals surface area contributed by atoms with Crippen molar-refractivity contribution in [2.75, 3.05) is 39.3 Å². The second-order valence-corrected chi connectivity index (χ2v) is 17.4. The number of thiophene rings is 1. The molecule has 0 radical (unpaired) electrons. The third kappa shape index (κ3) is 12.6. The van der Waals surface area contributed by atoms with E-state index in [9.17, 15) is 14.4 Å². The summed E-state index contributed by atoms with van der Waals surface area (Å²) in [7, 11) is 0. The normalized spacial score (nSPS) is 17.5. The van der Waals surface area contributed by atoms with Crippen LogP contribution in [0.1, 0.15) is 140 Å². The van der Waals surface area contributed by atoms with E-state index in [1.807, 2.05) is 74.5 Å². The van der Waals surface area contributed by atoms with Crippen molar-refractivity contribution in [3.8, 4) is 10.4 Å². The molecule has 3 aliphatic rings. The highest BCUT2D eigenvalue weighted by atomic mass is 32.1. The minimum absolute atomic E-state index is 0.0695. The summed E-state index contributed by atoms with van der Waals surface area (Å²) in [6.45, 7) is 17.0. The van der Waals surface area contributed by atoms with Crippen LogP contribution in [-0.2, 0) is 0 Å². The van der Waals surface area contributed by atoms with Gasteiger partial charge in [0, 0.05) is 21.6 Å². The highest BCUT2D eigenvalue weighted by Crippen LogP contribution is 2.27. The summed E-state index contributed by atoms with van der Waals surface area (Å²) in [5, 5.41) is 2.08. The van der Waals surface area contributed by atoms with Crippen LogP contribution in [0.3, 0.4) is 0 Å². The Morgan fingerprint density at radius 1 is 0.534 bits per heavy atom. The summed E-state index contributed by atoms with van der Waals surface area (Å²) < 4.78 is 0. The molecular weight excluding hydrogens is 735 g/mol. The van der Waals surface area contributed by atoms with Crippen molar-refractivity contribution in [1.29, 1.82) is 0 Å². The first-order chi connectivity index (χ1) is 28.2. The molecule has 0 spiro atoms. The van der Waals surface area contributed by atoms with Crippen LogP contribution >= 0.6 is 11.3 Å². The van der Waals surface area contributed by atoms with Gasteiger partial charge < -0.3 is 0 Å². The zero-order valence-corrected chi connectivity index (χ0v) is 36.9. The molecule has 4 aromatic rings. The van der Waals surface area contributed by atoms with Gasteiger partial charge in [0.25, 0.3) is 0 Å². The van der Waals surface area contributed by atoms with Crippen LogP contribution in [0.5, 0.6) is 0 Å². The van der Waals surface area contributed by atoms with Crippen molar-refractivity contribution in [2.45, 2.75) is 130 Å². The monoisotopic (exact) mass is 804 g/mol. The van der Waals surface area contributed by atoms with Gasteiger partial charge >= 0.3 is 0 Å². The molecule has 3 atom stereocenters. The molecule has 0 saturated carbocycles. The first-order valence-electron chi connectivity index (χ1n) is 22.4. The Morgan fingerprint density at radius 3 is 1.47 bits per heavy atom. The van der Waals surface area contributed by atoms with Gasteiger partial charge in [-0.05, 0) is 140 Å². The molecule has 0 aliphatic carbocycles. The lowest BCUT2D eigenvalue weighted by Crippen LogP contribution is -2.39. The molecule has 4 heterocycles. The zero-order chi connectivity index (χ0) is 41.3. The maximum Gasteiger partial charge on any atom is 0.180 e. The topological polar surface area (TPSA) is 60.9 Å². The Morgan fingerprint density at radius 2 is 1.02 bits per heavy atom. The Kier molecular flexibility index (Phi) is 18.6. The summed E-state index contributed by atoms with van der Waals surface area (Å²) in [5.41, 5.74) is 6.09. The van der Waals surface area contributed by atoms with Crippen molar-refractivity contribution < 1.29 is 14.4 Å². The third-order valence-electron chi connectivity index (χ3n) is 12.0. The number of carbonyl (C=O) groups excluding carboxylic acids is 3. The van der Waals surface area contributed by atoms with Crippen LogP contribution in [0.4, 0.5) is 0 Å². The van der Waals surface area contributed by atoms with E-state index in [4.69, 9.17) is 0 Å². The van der Waals surface area contributed by atoms with Crippen molar-refractivity contribution in [3.63, 3.8) is 0 Å². The van der Waals surface area contributed by atoms with Crippen molar-refractivity contribution in [2.24, 2.45) is 0 Å². The van der Waals surface area contributed by atoms with Crippen LogP contribution in [-0.4, -0.2) is 89.4 Å². The predicted molar refractivity (Wildman–Crippen MR) is 244 cm³/mol. The van der Waals surface area contributed by atoms with Gasteiger partial charge in [-0.25, -0.2) is 0 Å². The van der Waals surface area contributed by atoms with Crippen molar-refractivity contribution in [3.05, 3.63) is 118 Å². The van der Waals surface area contributed by atoms with Gasteiger partial charge in [0.2, 0.25) is 0 Å². The molecule has 3 aliphatic heterocycles. The number of nitrogens with zero attached hydrogens (tertiary/aromatic N) is 3. The molecule has 7 rings (SSSR count). The zero-order valence-electron chi connectivity index (χ0n) is 36.1. The van der Waals surface area contributed by atoms with E-state index in [-0.39, 0.29) is 18.1 Å². The van der Waals surface area contributed by atoms with E-state index in [1.165, 1.54) is 49.0 Å². The predicted octanol–water partition coefficient (Wildman–Crippen LogP) is 11.7. The Labute approximate surface area is 354 Å². The van der Waals surface area contributed by atoms with Gasteiger partial charge in [-0.15, -0.1) is 11.3 Å². The van der Waals surface area contributed by atoms with Crippen molar-refractivity contribution in [1.82, 2.24) is 14.7 Å². The second-order valence-electron chi connectivity index (χ2n) is 16.5. The summed E-state index contributed by atoms with van der Waals surface area (Å²) in [6, 6.07) is 28.5. The van der Waals surface area contributed by atoms with E-state index >= 15 is 0 Å². The standard InChI is InChI=1S/C19H23NOS.2C16H23NO/c1-2-6-17(20-12-3-4-13-20)19(21)16-10-8-15(9-11-16)18-7-5-14-22-18;1-3-8-15(17-11-6-7-12-17)16(18)14-10-5-4-9-13(14)2;1-3-7-15(17-10-4-5-11-17)16(18)14-9-6-8-13(2)12-14/h5,7-11,14,17H,2-4,6,12-13H2,1H3;4-5,9-10,15H,3,6-8,11-12H2,1-2H3;6,8-9,12,15H,3-5,7,10-11H2,1-2H3. The van der Waals surface area contributed by atoms with Gasteiger partial charge in [-0.1, -0.05) is 118 Å². The molecule has 7 heteroatoms. The largest absolute Gasteiger partial charge is 0.293 e. The van der Waals surface area contributed by atoms with E-state index in [0.717, 1.165) is 106 Å². The molecule has 3 saturated heterocycles. The molecule has 3 unspecified atom stereocenters. The lowest BCUT2D eigenvalue weighted by Gasteiger charge is -2.26. The first-order valence-corrected chi connectivity index (χ1v) is 23.2. The Hall–Kier alpha value is -3.75. The van der Waals surface area contributed by atoms with Crippen LogP contribution in [0.25, 0.3) is 10.4 Å². The van der Waals surface area contributed by atoms with Gasteiger partial charge in [0.15, 0.2) is 17.3 Å². The maximum atomic E-state index is 12.9. The highest BCUT2D eigenvalue weighted by molar-refractivity contribution is 7.13. The van der Waals surface area contributed by atoms with Crippen molar-refractivity contribution >= 4 is 28.7 Å². The van der Waals surface area contributed by atoms with Crippen LogP contribution < -0.4 is 0 Å². The van der Waals surface area contributed by atoms with Gasteiger partial charge in [0.1, 0.15) is 0 Å². The summed E-state index contributed by atoms with van der Waals surface area (Å²) >= 11 is 1.73. The molecule has 3 aromatic carbocycles. The van der Waals surface area contributed by atoms with E-state index in [2.05, 4.69) is 65.1 Å². The highest BCUT2D eigenvalue weighted by Gasteiger charge is 2.30. The number of hydrogen-bond acceptors (Lipinski definition) is 7. The molecule has 0 N–H and O–H groups in total. The summed E-state index contributed by atoms with van der Waals surface area (Å²) in [5.74, 6) is 0.917. The van der Waals surface area contributed by atoms with Crippen LogP contribution in [0.2, 0.25) is 0 Å². The molecular formula is C51H69N3O3S. The quantitative estimate of drug-likeness (QED) is 0.105. The van der Waals surface area contributed by atoms with E-state index in [0.29, 0.717) is 17.3 Å². The van der Waals surface area contributed by atoms with Crippen LogP contribution in [0, 0.1) is 13.8 Å². The minimum atomic E-state index is 0.0695. The number of rotatable bonds is 16. The fraction of sp³-hybridized carbons (Fsp3) is 0.510. The Balaban J connectivity index is 0.000000167. The number of carbonyl (C=O) groups is 3. The molecule has 58 heavy (non-hydrogen) atoms. The maximum absolute atomic E-state index is 12.9. The molecule has 0 bridgehead atoms. The molecule has 0 amide bonds. The SMILES string of the molecule is CCCC(C(=O)c1ccc(-c2cccs2)cc1)N1CCCC1.CCCC(C(=O)c1cccc(C)c1)N1CCCC1.CCCC(C(=O)c1ccccc1C)N1CCCC1. The third-order valence-corrected chi connectivity index (χ3v) is 12.9. The van der Waals surface area contributed by atoms with Gasteiger partial charge in [-0.2, -0.15) is 0 Å². The fourth-order valence-electron chi connectivity index (χ4n) is 8.87. The molecule has 312 valence electrons. The first kappa shape index (κ1) is 45.3. The summed E-state index contributed by atoms with van der Waals surface area (Å²) in [4.78, 5) is 46.6. The number of aryl methyl sites for hydroxylation is 2. The number of hydrogen-bond donors (Lipinski definition) is 0. The minimum Gasteiger partial charge on any atom is -0.293 e. The Bertz CT molecular complexity index is 1840. The lowest BCUT2D eigenvalue weighted by atomic mass is 9.96.